The lowest BCUT2D eigenvalue weighted by molar-refractivity contribution is 0.250. The van der Waals surface area contributed by atoms with Crippen molar-refractivity contribution in [2.24, 2.45) is 0 Å². The normalized spacial score (nSPS) is 19.9. The van der Waals surface area contributed by atoms with Crippen molar-refractivity contribution in [1.29, 1.82) is 0 Å². The van der Waals surface area contributed by atoms with Gasteiger partial charge in [-0.15, -0.1) is 0 Å². The van der Waals surface area contributed by atoms with Crippen LogP contribution in [0.2, 0.25) is 0 Å². The second kappa shape index (κ2) is 4.61. The minimum absolute atomic E-state index is 0.0108. The van der Waals surface area contributed by atoms with Gasteiger partial charge in [-0.2, -0.15) is 0 Å². The maximum Gasteiger partial charge on any atom is 0.0431 e. The molecule has 1 heteroatoms. The molecule has 1 heterocycles. The smallest absolute Gasteiger partial charge is 0.0431 e. The number of hydrogen-bond acceptors (Lipinski definition) is 1. The third-order valence-corrected chi connectivity index (χ3v) is 2.84. The van der Waals surface area contributed by atoms with Crippen molar-refractivity contribution in [2.75, 3.05) is 13.1 Å². The van der Waals surface area contributed by atoms with Gasteiger partial charge in [-0.1, -0.05) is 37.6 Å². The summed E-state index contributed by atoms with van der Waals surface area (Å²) in [5.74, 6) is 0. The molecule has 1 aromatic carbocycles. The third-order valence-electron chi connectivity index (χ3n) is 2.84. The van der Waals surface area contributed by atoms with Gasteiger partial charge in [0.05, 0.1) is 0 Å². The number of fused-ring (bicyclic) bond motifs is 1. The van der Waals surface area contributed by atoms with Crippen LogP contribution in [0, 0.1) is 0 Å². The Morgan fingerprint density at radius 1 is 1.36 bits per heavy atom. The fourth-order valence-corrected chi connectivity index (χ4v) is 1.99. The molecule has 0 aliphatic carbocycles. The Balaban J connectivity index is 2.05. The third kappa shape index (κ3) is 2.16. The Labute approximate surface area is 88.1 Å². The average Bonchev–Trinajstić information content (AvgIpc) is 2.29. The van der Waals surface area contributed by atoms with E-state index in [4.69, 9.17) is 1.37 Å². The van der Waals surface area contributed by atoms with Crippen molar-refractivity contribution in [3.63, 3.8) is 0 Å². The summed E-state index contributed by atoms with van der Waals surface area (Å²) in [4.78, 5) is 2.28. The molecule has 14 heavy (non-hydrogen) atoms. The largest absolute Gasteiger partial charge is 0.299 e. The number of nitrogens with zero attached hydrogens (tertiary/aromatic N) is 1. The fraction of sp³-hybridized carbons (Fsp3) is 0.538. The molecule has 0 bridgehead atoms. The highest BCUT2D eigenvalue weighted by atomic mass is 15.1. The molecule has 1 aromatic rings. The van der Waals surface area contributed by atoms with Gasteiger partial charge in [0.2, 0.25) is 0 Å². The first-order chi connectivity index (χ1) is 7.31. The van der Waals surface area contributed by atoms with E-state index in [2.05, 4.69) is 36.1 Å². The van der Waals surface area contributed by atoms with Gasteiger partial charge in [-0.3, -0.25) is 4.90 Å². The lowest BCUT2D eigenvalue weighted by Crippen LogP contribution is -2.31. The first-order valence-electron chi connectivity index (χ1n) is 6.12. The monoisotopic (exact) mass is 190 g/mol. The van der Waals surface area contributed by atoms with E-state index in [-0.39, 0.29) is 6.52 Å². The minimum atomic E-state index is -0.0108. The number of hydrogen-bond donors (Lipinski definition) is 0. The predicted octanol–water partition coefficient (Wildman–Crippen LogP) is 2.84. The lowest BCUT2D eigenvalue weighted by atomic mass is 10.00. The van der Waals surface area contributed by atoms with Crippen LogP contribution in [0.15, 0.2) is 24.3 Å². The van der Waals surface area contributed by atoms with E-state index in [0.29, 0.717) is 0 Å². The maximum atomic E-state index is 8.03. The summed E-state index contributed by atoms with van der Waals surface area (Å²) >= 11 is 0. The molecule has 1 aliphatic heterocycles. The molecule has 0 saturated carbocycles. The Morgan fingerprint density at radius 2 is 2.14 bits per heavy atom. The molecule has 76 valence electrons. The van der Waals surface area contributed by atoms with Crippen LogP contribution in [0.1, 0.15) is 32.3 Å². The van der Waals surface area contributed by atoms with Crippen molar-refractivity contribution in [1.82, 2.24) is 4.90 Å². The Hall–Kier alpha value is -0.820. The highest BCUT2D eigenvalue weighted by molar-refractivity contribution is 5.28. The zero-order valence-electron chi connectivity index (χ0n) is 9.87. The fourth-order valence-electron chi connectivity index (χ4n) is 1.99. The first-order valence-corrected chi connectivity index (χ1v) is 5.54. The summed E-state index contributed by atoms with van der Waals surface area (Å²) < 4.78 is 8.03. The van der Waals surface area contributed by atoms with Gasteiger partial charge in [-0.05, 0) is 30.5 Å². The Morgan fingerprint density at radius 3 is 2.93 bits per heavy atom. The van der Waals surface area contributed by atoms with Crippen molar-refractivity contribution in [2.45, 2.75) is 32.7 Å². The molecular formula is C13H19N. The van der Waals surface area contributed by atoms with Crippen LogP contribution in [0.5, 0.6) is 0 Å². The highest BCUT2D eigenvalue weighted by Gasteiger charge is 2.14. The lowest BCUT2D eigenvalue weighted by Gasteiger charge is -2.28. The van der Waals surface area contributed by atoms with E-state index in [9.17, 15) is 0 Å². The van der Waals surface area contributed by atoms with Crippen LogP contribution < -0.4 is 0 Å². The molecule has 2 rings (SSSR count). The molecule has 0 spiro atoms. The summed E-state index contributed by atoms with van der Waals surface area (Å²) in [5.41, 5.74) is 2.88. The molecule has 0 N–H and O–H groups in total. The van der Waals surface area contributed by atoms with Crippen LogP contribution in [-0.2, 0) is 13.0 Å². The Bertz CT molecular complexity index is 324. The molecular weight excluding hydrogens is 170 g/mol. The molecule has 1 nitrogen and oxygen atoms in total. The van der Waals surface area contributed by atoms with Crippen LogP contribution in [0.3, 0.4) is 0 Å². The maximum absolute atomic E-state index is 8.03. The molecule has 0 saturated heterocycles. The van der Waals surface area contributed by atoms with Gasteiger partial charge < -0.3 is 0 Å². The van der Waals surface area contributed by atoms with Gasteiger partial charge in [0.25, 0.3) is 0 Å². The van der Waals surface area contributed by atoms with Crippen LogP contribution in [-0.4, -0.2) is 18.0 Å². The average molecular weight is 190 g/mol. The first kappa shape index (κ1) is 8.49. The highest BCUT2D eigenvalue weighted by Crippen LogP contribution is 2.18. The minimum Gasteiger partial charge on any atom is -0.299 e. The zero-order valence-corrected chi connectivity index (χ0v) is 8.87. The van der Waals surface area contributed by atoms with E-state index in [1.54, 1.807) is 0 Å². The van der Waals surface area contributed by atoms with Gasteiger partial charge in [0.15, 0.2) is 0 Å². The van der Waals surface area contributed by atoms with E-state index in [1.165, 1.54) is 11.1 Å². The van der Waals surface area contributed by atoms with Crippen LogP contribution in [0.4, 0.5) is 0 Å². The summed E-state index contributed by atoms with van der Waals surface area (Å²) in [6, 6.07) is 8.62. The zero-order chi connectivity index (χ0) is 10.7. The topological polar surface area (TPSA) is 3.24 Å². The van der Waals surface area contributed by atoms with E-state index in [1.807, 2.05) is 0 Å². The Kier molecular flexibility index (Phi) is 2.79. The second-order valence-corrected chi connectivity index (χ2v) is 3.96. The van der Waals surface area contributed by atoms with Gasteiger partial charge in [0, 0.05) is 14.5 Å². The molecule has 0 fully saturated rings. The quantitative estimate of drug-likeness (QED) is 0.708. The van der Waals surface area contributed by atoms with Crippen molar-refractivity contribution < 1.29 is 1.37 Å². The molecule has 1 aliphatic rings. The van der Waals surface area contributed by atoms with E-state index in [0.717, 1.165) is 32.4 Å². The summed E-state index contributed by atoms with van der Waals surface area (Å²) in [6.07, 6.45) is 3.20. The molecule has 0 aromatic heterocycles. The van der Waals surface area contributed by atoms with Crippen molar-refractivity contribution >= 4 is 0 Å². The summed E-state index contributed by atoms with van der Waals surface area (Å²) in [5, 5.41) is 0. The molecule has 0 radical (unpaired) electrons. The van der Waals surface area contributed by atoms with Crippen molar-refractivity contribution in [3.8, 4) is 0 Å². The standard InChI is InChI=1S/C13H19N/c1-2-3-9-14-10-8-12-6-4-5-7-13(12)11-14/h4-7H,2-3,8-11H2,1H3/i9D. The van der Waals surface area contributed by atoms with Gasteiger partial charge in [-0.25, -0.2) is 0 Å². The van der Waals surface area contributed by atoms with Crippen molar-refractivity contribution in [3.05, 3.63) is 35.4 Å². The molecule has 1 unspecified atom stereocenters. The predicted molar refractivity (Wildman–Crippen MR) is 60.3 cm³/mol. The van der Waals surface area contributed by atoms with E-state index < -0.39 is 0 Å². The second-order valence-electron chi connectivity index (χ2n) is 3.96. The summed E-state index contributed by atoms with van der Waals surface area (Å²) in [7, 11) is 0. The number of rotatable bonds is 3. The SMILES string of the molecule is [2H]C(CCC)N1CCc2ccccc2C1. The number of benzene rings is 1. The summed E-state index contributed by atoms with van der Waals surface area (Å²) in [6.45, 7) is 4.15. The van der Waals surface area contributed by atoms with Gasteiger partial charge in [0.1, 0.15) is 0 Å². The molecule has 0 amide bonds. The van der Waals surface area contributed by atoms with E-state index >= 15 is 0 Å². The van der Waals surface area contributed by atoms with Gasteiger partial charge >= 0.3 is 0 Å². The molecule has 1 atom stereocenters. The van der Waals surface area contributed by atoms with Crippen LogP contribution in [0.25, 0.3) is 0 Å². The van der Waals surface area contributed by atoms with Crippen LogP contribution >= 0.6 is 0 Å².